The lowest BCUT2D eigenvalue weighted by Gasteiger charge is -2.33. The van der Waals surface area contributed by atoms with Crippen molar-refractivity contribution in [3.8, 4) is 17.0 Å². The van der Waals surface area contributed by atoms with Gasteiger partial charge in [0.25, 0.3) is 0 Å². The van der Waals surface area contributed by atoms with Crippen LogP contribution in [0, 0.1) is 18.2 Å². The summed E-state index contributed by atoms with van der Waals surface area (Å²) in [5.41, 5.74) is 9.70. The van der Waals surface area contributed by atoms with Gasteiger partial charge in [-0.25, -0.2) is 9.38 Å². The first-order valence-electron chi connectivity index (χ1n) is 16.5. The van der Waals surface area contributed by atoms with E-state index in [0.717, 1.165) is 43.9 Å². The molecule has 10 nitrogen and oxygen atoms in total. The molecule has 0 bridgehead atoms. The SMILES string of the molecule is COC[C@H](N)CCCc1cc(OC(F)(F)F)c(F)c(-c2cc3c([nH]2)=NC(O)N(c2ccc([C@@H]4CCC[C@@H](CCNC(C)=N)N4)c(C)c2)C=3)c1. The van der Waals surface area contributed by atoms with Crippen LogP contribution in [0.25, 0.3) is 17.5 Å². The van der Waals surface area contributed by atoms with Gasteiger partial charge in [0.1, 0.15) is 5.49 Å². The smallest absolute Gasteiger partial charge is 0.403 e. The number of hydrogen-bond donors (Lipinski definition) is 6. The van der Waals surface area contributed by atoms with Gasteiger partial charge in [-0.05, 0) is 99.4 Å². The Morgan fingerprint density at radius 2 is 2.02 bits per heavy atom. The van der Waals surface area contributed by atoms with Crippen LogP contribution in [0.5, 0.6) is 5.75 Å². The molecular formula is C35H45F4N7O3. The number of fused-ring (bicyclic) bond motifs is 1. The number of aliphatic hydroxyl groups excluding tert-OH is 1. The summed E-state index contributed by atoms with van der Waals surface area (Å²) >= 11 is 0. The molecule has 0 radical (unpaired) electrons. The van der Waals surface area contributed by atoms with Crippen LogP contribution in [0.15, 0.2) is 41.4 Å². The second kappa shape index (κ2) is 15.7. The zero-order valence-electron chi connectivity index (χ0n) is 28.0. The van der Waals surface area contributed by atoms with Gasteiger partial charge in [-0.2, -0.15) is 0 Å². The molecule has 0 aliphatic carbocycles. The Labute approximate surface area is 282 Å². The van der Waals surface area contributed by atoms with E-state index in [0.29, 0.717) is 54.2 Å². The third-order valence-corrected chi connectivity index (χ3v) is 8.93. The van der Waals surface area contributed by atoms with E-state index < -0.39 is 24.3 Å². The highest BCUT2D eigenvalue weighted by Gasteiger charge is 2.33. The van der Waals surface area contributed by atoms with Crippen LogP contribution in [0.4, 0.5) is 23.2 Å². The number of rotatable bonds is 13. The maximum absolute atomic E-state index is 15.6. The molecule has 3 heterocycles. The van der Waals surface area contributed by atoms with Crippen LogP contribution in [0.2, 0.25) is 0 Å². The minimum Gasteiger partial charge on any atom is -0.403 e. The number of methoxy groups -OCH3 is 1. The summed E-state index contributed by atoms with van der Waals surface area (Å²) < 4.78 is 64.3. The van der Waals surface area contributed by atoms with Crippen LogP contribution in [-0.2, 0) is 11.2 Å². The van der Waals surface area contributed by atoms with Gasteiger partial charge in [-0.3, -0.25) is 5.41 Å². The Morgan fingerprint density at radius 1 is 1.22 bits per heavy atom. The molecule has 2 aliphatic heterocycles. The lowest BCUT2D eigenvalue weighted by Crippen LogP contribution is -2.41. The number of ether oxygens (including phenoxy) is 2. The highest BCUT2D eigenvalue weighted by molar-refractivity contribution is 5.75. The minimum absolute atomic E-state index is 0.112. The molecular weight excluding hydrogens is 642 g/mol. The Balaban J connectivity index is 1.38. The summed E-state index contributed by atoms with van der Waals surface area (Å²) in [6, 6.07) is 10.4. The van der Waals surface area contributed by atoms with Crippen LogP contribution in [-0.4, -0.2) is 61.0 Å². The summed E-state index contributed by atoms with van der Waals surface area (Å²) in [4.78, 5) is 8.92. The summed E-state index contributed by atoms with van der Waals surface area (Å²) in [5, 5.41) is 25.9. The van der Waals surface area contributed by atoms with Crippen molar-refractivity contribution in [3.05, 3.63) is 69.6 Å². The summed E-state index contributed by atoms with van der Waals surface area (Å²) in [5.74, 6) is -1.63. The zero-order valence-corrected chi connectivity index (χ0v) is 28.0. The van der Waals surface area contributed by atoms with Gasteiger partial charge >= 0.3 is 6.36 Å². The minimum atomic E-state index is -5.08. The van der Waals surface area contributed by atoms with Crippen molar-refractivity contribution in [1.29, 1.82) is 5.41 Å². The second-order valence-corrected chi connectivity index (χ2v) is 12.8. The second-order valence-electron chi connectivity index (χ2n) is 12.8. The molecule has 0 amide bonds. The average Bonchev–Trinajstić information content (AvgIpc) is 3.44. The number of H-pyrrole nitrogens is 1. The summed E-state index contributed by atoms with van der Waals surface area (Å²) in [6.45, 7) is 4.86. The topological polar surface area (TPSA) is 144 Å². The number of nitrogens with two attached hydrogens (primary N) is 1. The molecule has 2 aliphatic rings. The van der Waals surface area contributed by atoms with E-state index in [9.17, 15) is 18.3 Å². The molecule has 1 fully saturated rings. The number of aromatic nitrogens is 1. The van der Waals surface area contributed by atoms with Gasteiger partial charge in [0.05, 0.1) is 18.1 Å². The predicted octanol–water partition coefficient (Wildman–Crippen LogP) is 4.64. The predicted molar refractivity (Wildman–Crippen MR) is 180 cm³/mol. The molecule has 1 unspecified atom stereocenters. The first kappa shape index (κ1) is 36.3. The van der Waals surface area contributed by atoms with Crippen molar-refractivity contribution in [2.24, 2.45) is 10.7 Å². The molecule has 2 aromatic carbocycles. The van der Waals surface area contributed by atoms with Crippen molar-refractivity contribution in [1.82, 2.24) is 15.6 Å². The van der Waals surface area contributed by atoms with Gasteiger partial charge in [0.15, 0.2) is 11.6 Å². The van der Waals surface area contributed by atoms with E-state index in [1.165, 1.54) is 18.7 Å². The van der Waals surface area contributed by atoms with Crippen LogP contribution in [0.3, 0.4) is 0 Å². The lowest BCUT2D eigenvalue weighted by molar-refractivity contribution is -0.275. The van der Waals surface area contributed by atoms with E-state index >= 15 is 4.39 Å². The monoisotopic (exact) mass is 687 g/mol. The number of nitrogens with one attached hydrogen (secondary N) is 4. The van der Waals surface area contributed by atoms with Crippen molar-refractivity contribution < 1.29 is 32.1 Å². The van der Waals surface area contributed by atoms with Crippen LogP contribution < -0.4 is 36.7 Å². The van der Waals surface area contributed by atoms with E-state index in [-0.39, 0.29) is 28.8 Å². The Morgan fingerprint density at radius 3 is 2.73 bits per heavy atom. The maximum atomic E-state index is 15.6. The zero-order chi connectivity index (χ0) is 35.3. The molecule has 14 heteroatoms. The Kier molecular flexibility index (Phi) is 11.6. The first-order chi connectivity index (χ1) is 23.3. The quantitative estimate of drug-likeness (QED) is 0.0874. The number of nitrogens with zero attached hydrogens (tertiary/aromatic N) is 2. The fourth-order valence-electron chi connectivity index (χ4n) is 6.61. The Hall–Kier alpha value is -3.98. The first-order valence-corrected chi connectivity index (χ1v) is 16.5. The largest absolute Gasteiger partial charge is 0.573 e. The van der Waals surface area contributed by atoms with Gasteiger partial charge < -0.3 is 40.8 Å². The number of hydrogen-bond acceptors (Lipinski definition) is 8. The van der Waals surface area contributed by atoms with Gasteiger partial charge in [-0.1, -0.05) is 12.5 Å². The fourth-order valence-corrected chi connectivity index (χ4v) is 6.61. The van der Waals surface area contributed by atoms with Gasteiger partial charge in [-0.15, -0.1) is 13.2 Å². The number of piperidine rings is 1. The number of alkyl halides is 3. The molecule has 7 N–H and O–H groups in total. The highest BCUT2D eigenvalue weighted by Crippen LogP contribution is 2.34. The van der Waals surface area contributed by atoms with E-state index in [1.807, 2.05) is 19.1 Å². The van der Waals surface area contributed by atoms with Crippen molar-refractivity contribution in [2.75, 3.05) is 25.2 Å². The lowest BCUT2D eigenvalue weighted by atomic mass is 9.90. The van der Waals surface area contributed by atoms with Gasteiger partial charge in [0.2, 0.25) is 6.35 Å². The number of aryl methyl sites for hydroxylation is 2. The molecule has 1 aromatic heterocycles. The van der Waals surface area contributed by atoms with E-state index in [1.54, 1.807) is 24.1 Å². The number of aromatic amines is 1. The highest BCUT2D eigenvalue weighted by atomic mass is 19.4. The Bertz CT molecular complexity index is 1750. The molecule has 1 saturated heterocycles. The standard InChI is InChI=1S/C35H45F4N7O3/c1-20-14-26(10-11-27(20)29-9-5-8-25(43-29)12-13-42-21(2)40)46-18-23-17-30(44-33(23)45-34(46)47)28-15-22(6-4-7-24(41)19-48-3)16-31(32(28)36)49-35(37,38)39/h10-11,14-18,24-25,29,34,43,47H,4-9,12-13,19,41H2,1-3H3,(H2,40,42)(H,44,45)/t24-,25+,29+,34?/m1/s1. The molecule has 266 valence electrons. The normalized spacial score (nSPS) is 19.9. The molecule has 5 rings (SSSR count). The summed E-state index contributed by atoms with van der Waals surface area (Å²) in [6.07, 6.45) is 0.875. The number of halogens is 4. The summed E-state index contributed by atoms with van der Waals surface area (Å²) in [7, 11) is 1.54. The maximum Gasteiger partial charge on any atom is 0.573 e. The third kappa shape index (κ3) is 9.38. The number of anilines is 1. The molecule has 4 atom stereocenters. The van der Waals surface area contributed by atoms with E-state index in [2.05, 4.69) is 31.4 Å². The molecule has 0 spiro atoms. The third-order valence-electron chi connectivity index (χ3n) is 8.93. The molecule has 3 aromatic rings. The molecule has 49 heavy (non-hydrogen) atoms. The van der Waals surface area contributed by atoms with Crippen LogP contribution in [0.1, 0.15) is 68.2 Å². The van der Waals surface area contributed by atoms with Crippen molar-refractivity contribution in [2.45, 2.75) is 89.6 Å². The molecule has 0 saturated carbocycles. The van der Waals surface area contributed by atoms with Crippen molar-refractivity contribution in [3.63, 3.8) is 0 Å². The number of aliphatic hydroxyl groups is 1. The van der Waals surface area contributed by atoms with E-state index in [4.69, 9.17) is 15.9 Å². The number of benzene rings is 2. The van der Waals surface area contributed by atoms with Gasteiger partial charge in [0, 0.05) is 54.4 Å². The number of amidine groups is 1. The van der Waals surface area contributed by atoms with Crippen molar-refractivity contribution >= 4 is 17.7 Å². The van der Waals surface area contributed by atoms with Crippen LogP contribution >= 0.6 is 0 Å². The average molecular weight is 688 g/mol. The fraction of sp³-hybridized carbons (Fsp3) is 0.486.